The highest BCUT2D eigenvalue weighted by Crippen LogP contribution is 2.13. The predicted octanol–water partition coefficient (Wildman–Crippen LogP) is 3.49. The van der Waals surface area contributed by atoms with Crippen LogP contribution in [0.1, 0.15) is 45.1 Å². The monoisotopic (exact) mass is 299 g/mol. The van der Waals surface area contributed by atoms with Gasteiger partial charge in [-0.1, -0.05) is 56.5 Å². The molecule has 0 amide bonds. The van der Waals surface area contributed by atoms with E-state index in [0.29, 0.717) is 13.0 Å². The summed E-state index contributed by atoms with van der Waals surface area (Å²) in [5.41, 5.74) is 6.16. The van der Waals surface area contributed by atoms with Crippen molar-refractivity contribution in [1.29, 1.82) is 0 Å². The van der Waals surface area contributed by atoms with E-state index in [2.05, 4.69) is 6.92 Å². The number of hydrogen-bond acceptors (Lipinski definition) is 3. The SMILES string of the molecule is CCCCCCOC(=O)C(C)(N)Cc1ccccc1.Cl. The van der Waals surface area contributed by atoms with Crippen molar-refractivity contribution in [3.05, 3.63) is 35.9 Å². The van der Waals surface area contributed by atoms with E-state index in [1.165, 1.54) is 12.8 Å². The lowest BCUT2D eigenvalue weighted by molar-refractivity contribution is -0.149. The average Bonchev–Trinajstić information content (AvgIpc) is 2.39. The second-order valence-electron chi connectivity index (χ2n) is 5.28. The summed E-state index contributed by atoms with van der Waals surface area (Å²) in [6.45, 7) is 4.36. The highest BCUT2D eigenvalue weighted by Gasteiger charge is 2.30. The normalized spacial score (nSPS) is 13.2. The van der Waals surface area contributed by atoms with Gasteiger partial charge >= 0.3 is 5.97 Å². The minimum absolute atomic E-state index is 0. The molecule has 0 saturated carbocycles. The Labute approximate surface area is 128 Å². The molecule has 2 N–H and O–H groups in total. The fourth-order valence-corrected chi connectivity index (χ4v) is 1.95. The van der Waals surface area contributed by atoms with Crippen LogP contribution in [0.5, 0.6) is 0 Å². The van der Waals surface area contributed by atoms with Gasteiger partial charge in [0.2, 0.25) is 0 Å². The van der Waals surface area contributed by atoms with E-state index in [4.69, 9.17) is 10.5 Å². The van der Waals surface area contributed by atoms with Gasteiger partial charge in [0, 0.05) is 6.42 Å². The molecule has 0 aliphatic rings. The number of carbonyl (C=O) groups excluding carboxylic acids is 1. The maximum Gasteiger partial charge on any atom is 0.326 e. The molecule has 1 aromatic rings. The fraction of sp³-hybridized carbons (Fsp3) is 0.562. The average molecular weight is 300 g/mol. The van der Waals surface area contributed by atoms with Crippen LogP contribution in [0.4, 0.5) is 0 Å². The van der Waals surface area contributed by atoms with E-state index in [1.807, 2.05) is 30.3 Å². The summed E-state index contributed by atoms with van der Waals surface area (Å²) >= 11 is 0. The molecule has 0 spiro atoms. The first-order valence-corrected chi connectivity index (χ1v) is 7.06. The predicted molar refractivity (Wildman–Crippen MR) is 85.1 cm³/mol. The largest absolute Gasteiger partial charge is 0.464 e. The second kappa shape index (κ2) is 9.78. The number of carbonyl (C=O) groups is 1. The van der Waals surface area contributed by atoms with Gasteiger partial charge in [-0.15, -0.1) is 12.4 Å². The van der Waals surface area contributed by atoms with Crippen molar-refractivity contribution in [2.75, 3.05) is 6.61 Å². The Kier molecular flexibility index (Phi) is 9.26. The minimum Gasteiger partial charge on any atom is -0.464 e. The maximum absolute atomic E-state index is 12.0. The zero-order chi connectivity index (χ0) is 14.1. The Bertz CT molecular complexity index is 379. The van der Waals surface area contributed by atoms with Gasteiger partial charge in [-0.2, -0.15) is 0 Å². The van der Waals surface area contributed by atoms with Crippen molar-refractivity contribution < 1.29 is 9.53 Å². The number of ether oxygens (including phenoxy) is 1. The molecular weight excluding hydrogens is 274 g/mol. The summed E-state index contributed by atoms with van der Waals surface area (Å²) in [6, 6.07) is 9.78. The van der Waals surface area contributed by atoms with Gasteiger partial charge in [0.25, 0.3) is 0 Å². The first-order valence-electron chi connectivity index (χ1n) is 7.06. The van der Waals surface area contributed by atoms with Crippen LogP contribution >= 0.6 is 12.4 Å². The maximum atomic E-state index is 12.0. The molecule has 0 saturated heterocycles. The van der Waals surface area contributed by atoms with Crippen molar-refractivity contribution in [2.45, 2.75) is 51.5 Å². The van der Waals surface area contributed by atoms with Crippen LogP contribution in [-0.4, -0.2) is 18.1 Å². The van der Waals surface area contributed by atoms with E-state index in [9.17, 15) is 4.79 Å². The first kappa shape index (κ1) is 18.9. The molecular formula is C16H26ClNO2. The molecule has 1 rings (SSSR count). The molecule has 0 bridgehead atoms. The highest BCUT2D eigenvalue weighted by atomic mass is 35.5. The Morgan fingerprint density at radius 3 is 2.45 bits per heavy atom. The molecule has 3 nitrogen and oxygen atoms in total. The van der Waals surface area contributed by atoms with Crippen molar-refractivity contribution in [1.82, 2.24) is 0 Å². The van der Waals surface area contributed by atoms with E-state index >= 15 is 0 Å². The zero-order valence-corrected chi connectivity index (χ0v) is 13.2. The molecule has 0 aromatic heterocycles. The number of hydrogen-bond donors (Lipinski definition) is 1. The standard InChI is InChI=1S/C16H25NO2.ClH/c1-3-4-5-9-12-19-15(18)16(2,17)13-14-10-7-6-8-11-14;/h6-8,10-11H,3-5,9,12-13,17H2,1-2H3;1H. The summed E-state index contributed by atoms with van der Waals surface area (Å²) in [5.74, 6) is -0.312. The number of halogens is 1. The summed E-state index contributed by atoms with van der Waals surface area (Å²) in [7, 11) is 0. The number of esters is 1. The topological polar surface area (TPSA) is 52.3 Å². The van der Waals surface area contributed by atoms with Gasteiger partial charge in [-0.05, 0) is 18.9 Å². The molecule has 1 aromatic carbocycles. The van der Waals surface area contributed by atoms with Gasteiger partial charge in [0.15, 0.2) is 0 Å². The third kappa shape index (κ3) is 6.92. The molecule has 0 aliphatic carbocycles. The lowest BCUT2D eigenvalue weighted by Gasteiger charge is -2.22. The fourth-order valence-electron chi connectivity index (χ4n) is 1.95. The van der Waals surface area contributed by atoms with E-state index < -0.39 is 5.54 Å². The van der Waals surface area contributed by atoms with Crippen LogP contribution in [0.15, 0.2) is 30.3 Å². The number of rotatable bonds is 8. The van der Waals surface area contributed by atoms with Crippen LogP contribution in [0.3, 0.4) is 0 Å². The summed E-state index contributed by atoms with van der Waals surface area (Å²) in [4.78, 5) is 12.0. The summed E-state index contributed by atoms with van der Waals surface area (Å²) < 4.78 is 5.26. The van der Waals surface area contributed by atoms with Crippen molar-refractivity contribution in [2.24, 2.45) is 5.73 Å². The first-order chi connectivity index (χ1) is 9.06. The molecule has 1 atom stereocenters. The molecule has 0 fully saturated rings. The van der Waals surface area contributed by atoms with Gasteiger partial charge in [0.1, 0.15) is 5.54 Å². The van der Waals surface area contributed by atoms with Crippen LogP contribution in [0.25, 0.3) is 0 Å². The molecule has 0 heterocycles. The van der Waals surface area contributed by atoms with Crippen LogP contribution in [0, 0.1) is 0 Å². The Hall–Kier alpha value is -1.06. The summed E-state index contributed by atoms with van der Waals surface area (Å²) in [5, 5.41) is 0. The Morgan fingerprint density at radius 2 is 1.85 bits per heavy atom. The lowest BCUT2D eigenvalue weighted by Crippen LogP contribution is -2.48. The quantitative estimate of drug-likeness (QED) is 0.590. The molecule has 20 heavy (non-hydrogen) atoms. The molecule has 0 aliphatic heterocycles. The van der Waals surface area contributed by atoms with Crippen molar-refractivity contribution in [3.63, 3.8) is 0 Å². The Morgan fingerprint density at radius 1 is 1.20 bits per heavy atom. The smallest absolute Gasteiger partial charge is 0.326 e. The molecule has 0 radical (unpaired) electrons. The van der Waals surface area contributed by atoms with Gasteiger partial charge in [-0.25, -0.2) is 0 Å². The van der Waals surface area contributed by atoms with Crippen molar-refractivity contribution in [3.8, 4) is 0 Å². The van der Waals surface area contributed by atoms with E-state index in [1.54, 1.807) is 6.92 Å². The minimum atomic E-state index is -0.952. The van der Waals surface area contributed by atoms with Crippen molar-refractivity contribution >= 4 is 18.4 Å². The van der Waals surface area contributed by atoms with E-state index in [-0.39, 0.29) is 18.4 Å². The van der Waals surface area contributed by atoms with Gasteiger partial charge in [0.05, 0.1) is 6.61 Å². The number of nitrogens with two attached hydrogens (primary N) is 1. The molecule has 4 heteroatoms. The third-order valence-electron chi connectivity index (χ3n) is 3.11. The Balaban J connectivity index is 0.00000361. The van der Waals surface area contributed by atoms with Gasteiger partial charge in [-0.3, -0.25) is 4.79 Å². The number of unbranched alkanes of at least 4 members (excludes halogenated alkanes) is 3. The highest BCUT2D eigenvalue weighted by molar-refractivity contribution is 5.85. The van der Waals surface area contributed by atoms with E-state index in [0.717, 1.165) is 18.4 Å². The second-order valence-corrected chi connectivity index (χ2v) is 5.28. The summed E-state index contributed by atoms with van der Waals surface area (Å²) in [6.07, 6.45) is 4.88. The third-order valence-corrected chi connectivity index (χ3v) is 3.11. The zero-order valence-electron chi connectivity index (χ0n) is 12.4. The molecule has 1 unspecified atom stereocenters. The lowest BCUT2D eigenvalue weighted by atomic mass is 9.94. The van der Waals surface area contributed by atoms with Crippen LogP contribution < -0.4 is 5.73 Å². The van der Waals surface area contributed by atoms with Crippen LogP contribution in [-0.2, 0) is 16.0 Å². The number of benzene rings is 1. The molecule has 114 valence electrons. The van der Waals surface area contributed by atoms with Crippen LogP contribution in [0.2, 0.25) is 0 Å². The van der Waals surface area contributed by atoms with Gasteiger partial charge < -0.3 is 10.5 Å².